The number of hydrogen-bond donors (Lipinski definition) is 0. The second kappa shape index (κ2) is 5.44. The molecule has 1 aromatic rings. The van der Waals surface area contributed by atoms with Crippen molar-refractivity contribution in [3.05, 3.63) is 28.2 Å². The van der Waals surface area contributed by atoms with Crippen LogP contribution in [0.5, 0.6) is 0 Å². The first-order chi connectivity index (χ1) is 7.22. The minimum absolute atomic E-state index is 0.516. The molecule has 0 saturated heterocycles. The van der Waals surface area contributed by atoms with Crippen LogP contribution in [0.3, 0.4) is 0 Å². The standard InChI is InChI=1S/C12H11BrN2/c1-3-7-15(4-2)12-8-11(13)6-5-10(12)9-14/h1,5-6,8H,4,7H2,2H3. The van der Waals surface area contributed by atoms with E-state index in [9.17, 15) is 0 Å². The van der Waals surface area contributed by atoms with Gasteiger partial charge >= 0.3 is 0 Å². The van der Waals surface area contributed by atoms with Crippen molar-refractivity contribution in [1.29, 1.82) is 5.26 Å². The van der Waals surface area contributed by atoms with Crippen LogP contribution in [0.25, 0.3) is 0 Å². The van der Waals surface area contributed by atoms with Gasteiger partial charge in [0.2, 0.25) is 0 Å². The Morgan fingerprint density at radius 3 is 2.80 bits per heavy atom. The van der Waals surface area contributed by atoms with Crippen LogP contribution in [-0.4, -0.2) is 13.1 Å². The summed E-state index contributed by atoms with van der Waals surface area (Å²) in [5.41, 5.74) is 1.53. The second-order valence-electron chi connectivity index (χ2n) is 2.99. The number of terminal acetylenes is 1. The molecule has 1 aromatic carbocycles. The van der Waals surface area contributed by atoms with Gasteiger partial charge in [0.15, 0.2) is 0 Å². The monoisotopic (exact) mass is 262 g/mol. The Bertz CT molecular complexity index is 426. The molecule has 0 aliphatic carbocycles. The van der Waals surface area contributed by atoms with Crippen LogP contribution in [0.4, 0.5) is 5.69 Å². The van der Waals surface area contributed by atoms with Gasteiger partial charge in [0, 0.05) is 11.0 Å². The lowest BCUT2D eigenvalue weighted by Gasteiger charge is -2.21. The Balaban J connectivity index is 3.16. The highest BCUT2D eigenvalue weighted by Gasteiger charge is 2.08. The average Bonchev–Trinajstić information content (AvgIpc) is 2.26. The highest BCUT2D eigenvalue weighted by molar-refractivity contribution is 9.10. The molecule has 0 aromatic heterocycles. The van der Waals surface area contributed by atoms with Crippen molar-refractivity contribution in [2.45, 2.75) is 6.92 Å². The SMILES string of the molecule is C#CCN(CC)c1cc(Br)ccc1C#N. The molecule has 0 spiro atoms. The van der Waals surface area contributed by atoms with E-state index in [0.717, 1.165) is 16.7 Å². The highest BCUT2D eigenvalue weighted by atomic mass is 79.9. The van der Waals surface area contributed by atoms with Gasteiger partial charge in [0.1, 0.15) is 6.07 Å². The van der Waals surface area contributed by atoms with Crippen molar-refractivity contribution in [2.24, 2.45) is 0 Å². The molecule has 0 radical (unpaired) electrons. The first-order valence-corrected chi connectivity index (χ1v) is 5.40. The molecule has 15 heavy (non-hydrogen) atoms. The number of benzene rings is 1. The van der Waals surface area contributed by atoms with Crippen LogP contribution in [0, 0.1) is 23.7 Å². The molecule has 0 atom stereocenters. The van der Waals surface area contributed by atoms with E-state index in [4.69, 9.17) is 11.7 Å². The number of nitriles is 1. The Morgan fingerprint density at radius 2 is 2.27 bits per heavy atom. The number of nitrogens with zero attached hydrogens (tertiary/aromatic N) is 2. The highest BCUT2D eigenvalue weighted by Crippen LogP contribution is 2.24. The molecule has 2 nitrogen and oxygen atoms in total. The van der Waals surface area contributed by atoms with Gasteiger partial charge in [-0.1, -0.05) is 21.9 Å². The summed E-state index contributed by atoms with van der Waals surface area (Å²) in [6.45, 7) is 3.32. The summed E-state index contributed by atoms with van der Waals surface area (Å²) < 4.78 is 0.951. The van der Waals surface area contributed by atoms with Crippen molar-refractivity contribution < 1.29 is 0 Å². The molecule has 0 unspecified atom stereocenters. The number of rotatable bonds is 3. The molecule has 0 aliphatic rings. The summed E-state index contributed by atoms with van der Waals surface area (Å²) >= 11 is 3.39. The lowest BCUT2D eigenvalue weighted by molar-refractivity contribution is 0.915. The number of hydrogen-bond acceptors (Lipinski definition) is 2. The van der Waals surface area contributed by atoms with Gasteiger partial charge in [-0.05, 0) is 25.1 Å². The topological polar surface area (TPSA) is 27.0 Å². The minimum Gasteiger partial charge on any atom is -0.360 e. The van der Waals surface area contributed by atoms with Gasteiger partial charge in [-0.25, -0.2) is 0 Å². The summed E-state index contributed by atoms with van der Waals surface area (Å²) in [5.74, 6) is 2.59. The van der Waals surface area contributed by atoms with Gasteiger partial charge in [-0.3, -0.25) is 0 Å². The van der Waals surface area contributed by atoms with Crippen LogP contribution >= 0.6 is 15.9 Å². The molecule has 1 rings (SSSR count). The van der Waals surface area contributed by atoms with Crippen LogP contribution in [0.15, 0.2) is 22.7 Å². The lowest BCUT2D eigenvalue weighted by Crippen LogP contribution is -2.23. The quantitative estimate of drug-likeness (QED) is 0.784. The second-order valence-corrected chi connectivity index (χ2v) is 3.91. The minimum atomic E-state index is 0.516. The van der Waals surface area contributed by atoms with Crippen LogP contribution < -0.4 is 4.90 Å². The molecule has 0 saturated carbocycles. The Labute approximate surface area is 98.6 Å². The van der Waals surface area contributed by atoms with Crippen molar-refractivity contribution >= 4 is 21.6 Å². The normalized spacial score (nSPS) is 9.07. The first-order valence-electron chi connectivity index (χ1n) is 4.61. The Morgan fingerprint density at radius 1 is 1.53 bits per heavy atom. The third-order valence-corrected chi connectivity index (χ3v) is 2.58. The zero-order valence-corrected chi connectivity index (χ0v) is 10.1. The fraction of sp³-hybridized carbons (Fsp3) is 0.250. The summed E-state index contributed by atoms with van der Waals surface area (Å²) in [5, 5.41) is 8.98. The van der Waals surface area contributed by atoms with Gasteiger partial charge < -0.3 is 4.90 Å². The van der Waals surface area contributed by atoms with Crippen LogP contribution in [0.1, 0.15) is 12.5 Å². The molecule has 0 bridgehead atoms. The van der Waals surface area contributed by atoms with Gasteiger partial charge in [-0.15, -0.1) is 6.42 Å². The molecule has 0 N–H and O–H groups in total. The maximum Gasteiger partial charge on any atom is 0.101 e. The maximum atomic E-state index is 8.98. The number of anilines is 1. The average molecular weight is 263 g/mol. The Kier molecular flexibility index (Phi) is 4.21. The van der Waals surface area contributed by atoms with E-state index in [-0.39, 0.29) is 0 Å². The predicted molar refractivity (Wildman–Crippen MR) is 65.6 cm³/mol. The van der Waals surface area contributed by atoms with E-state index in [1.165, 1.54) is 0 Å². The first kappa shape index (κ1) is 11.6. The molecular weight excluding hydrogens is 252 g/mol. The number of halogens is 1. The third kappa shape index (κ3) is 2.75. The lowest BCUT2D eigenvalue weighted by atomic mass is 10.1. The van der Waals surface area contributed by atoms with Crippen LogP contribution in [-0.2, 0) is 0 Å². The van der Waals surface area contributed by atoms with Crippen molar-refractivity contribution in [3.63, 3.8) is 0 Å². The summed E-state index contributed by atoms with van der Waals surface area (Å²) in [6.07, 6.45) is 5.29. The smallest absolute Gasteiger partial charge is 0.101 e. The summed E-state index contributed by atoms with van der Waals surface area (Å²) in [7, 11) is 0. The summed E-state index contributed by atoms with van der Waals surface area (Å²) in [6, 6.07) is 7.72. The summed E-state index contributed by atoms with van der Waals surface area (Å²) in [4.78, 5) is 1.99. The van der Waals surface area contributed by atoms with Crippen molar-refractivity contribution in [1.82, 2.24) is 0 Å². The fourth-order valence-corrected chi connectivity index (χ4v) is 1.69. The molecule has 0 aliphatic heterocycles. The van der Waals surface area contributed by atoms with Gasteiger partial charge in [0.25, 0.3) is 0 Å². The van der Waals surface area contributed by atoms with E-state index < -0.39 is 0 Å². The van der Waals surface area contributed by atoms with E-state index in [1.807, 2.05) is 24.0 Å². The van der Waals surface area contributed by atoms with Crippen molar-refractivity contribution in [2.75, 3.05) is 18.0 Å². The van der Waals surface area contributed by atoms with Crippen LogP contribution in [0.2, 0.25) is 0 Å². The van der Waals surface area contributed by atoms with E-state index >= 15 is 0 Å². The fourth-order valence-electron chi connectivity index (χ4n) is 1.34. The van der Waals surface area contributed by atoms with E-state index in [1.54, 1.807) is 6.07 Å². The molecular formula is C12H11BrN2. The predicted octanol–water partition coefficient (Wildman–Crippen LogP) is 2.78. The maximum absolute atomic E-state index is 8.98. The molecule has 0 fully saturated rings. The molecule has 0 amide bonds. The molecule has 3 heteroatoms. The van der Waals surface area contributed by atoms with Crippen molar-refractivity contribution in [3.8, 4) is 18.4 Å². The largest absolute Gasteiger partial charge is 0.360 e. The Hall–Kier alpha value is -1.45. The molecule has 0 heterocycles. The van der Waals surface area contributed by atoms with E-state index in [2.05, 4.69) is 27.9 Å². The van der Waals surface area contributed by atoms with Gasteiger partial charge in [-0.2, -0.15) is 5.26 Å². The van der Waals surface area contributed by atoms with E-state index in [0.29, 0.717) is 12.1 Å². The third-order valence-electron chi connectivity index (χ3n) is 2.08. The zero-order chi connectivity index (χ0) is 11.3. The zero-order valence-electron chi connectivity index (χ0n) is 8.50. The molecule has 76 valence electrons. The van der Waals surface area contributed by atoms with Gasteiger partial charge in [0.05, 0.1) is 17.8 Å².